The molecule has 0 aliphatic carbocycles. The Balaban J connectivity index is 2.47. The lowest BCUT2D eigenvalue weighted by Crippen LogP contribution is -1.99. The van der Waals surface area contributed by atoms with Gasteiger partial charge in [-0.05, 0) is 30.0 Å². The second kappa shape index (κ2) is 3.86. The number of thioether (sulfide) groups is 1. The molecule has 1 aromatic heterocycles. The normalized spacial score (nSPS) is 11.9. The van der Waals surface area contributed by atoms with Crippen LogP contribution in [0.3, 0.4) is 0 Å². The van der Waals surface area contributed by atoms with Gasteiger partial charge >= 0.3 is 11.1 Å². The second-order valence-electron chi connectivity index (χ2n) is 3.00. The number of halogens is 3. The predicted octanol–water partition coefficient (Wildman–Crippen LogP) is 3.40. The van der Waals surface area contributed by atoms with Crippen LogP contribution in [0, 0.1) is 0 Å². The molecule has 0 spiro atoms. The summed E-state index contributed by atoms with van der Waals surface area (Å²) in [4.78, 5) is 10.9. The van der Waals surface area contributed by atoms with Gasteiger partial charge in [-0.3, -0.25) is 0 Å². The molecule has 0 N–H and O–H groups in total. The molecule has 0 saturated heterocycles. The zero-order valence-electron chi connectivity index (χ0n) is 7.75. The van der Waals surface area contributed by atoms with Crippen LogP contribution in [0.15, 0.2) is 44.4 Å². The molecule has 0 amide bonds. The average Bonchev–Trinajstić information content (AvgIpc) is 2.14. The fraction of sp³-hybridized carbons (Fsp3) is 0.100. The van der Waals surface area contributed by atoms with E-state index in [1.54, 1.807) is 0 Å². The van der Waals surface area contributed by atoms with E-state index in [1.807, 2.05) is 0 Å². The molecular weight excluding hydrogens is 241 g/mol. The molecule has 0 radical (unpaired) electrons. The van der Waals surface area contributed by atoms with E-state index in [4.69, 9.17) is 4.42 Å². The lowest BCUT2D eigenvalue weighted by Gasteiger charge is -2.05. The molecule has 84 valence electrons. The van der Waals surface area contributed by atoms with Crippen LogP contribution in [0.4, 0.5) is 13.2 Å². The Hall–Kier alpha value is -1.43. The van der Waals surface area contributed by atoms with Gasteiger partial charge in [-0.1, -0.05) is 6.07 Å². The molecule has 0 saturated carbocycles. The van der Waals surface area contributed by atoms with Gasteiger partial charge in [0.25, 0.3) is 0 Å². The molecule has 0 atom stereocenters. The monoisotopic (exact) mass is 246 g/mol. The molecule has 0 fully saturated rings. The van der Waals surface area contributed by atoms with Gasteiger partial charge in [0.2, 0.25) is 0 Å². The Kier molecular flexibility index (Phi) is 2.67. The minimum absolute atomic E-state index is 0.00523. The minimum atomic E-state index is -4.34. The van der Waals surface area contributed by atoms with Crippen LogP contribution in [0.5, 0.6) is 0 Å². The van der Waals surface area contributed by atoms with E-state index in [1.165, 1.54) is 30.3 Å². The van der Waals surface area contributed by atoms with Crippen LogP contribution >= 0.6 is 11.8 Å². The third-order valence-electron chi connectivity index (χ3n) is 1.83. The maximum atomic E-state index is 12.1. The molecule has 0 bridgehead atoms. The maximum absolute atomic E-state index is 12.1. The van der Waals surface area contributed by atoms with Crippen molar-refractivity contribution >= 4 is 22.7 Å². The highest BCUT2D eigenvalue weighted by Gasteiger charge is 2.29. The van der Waals surface area contributed by atoms with Crippen LogP contribution in [-0.2, 0) is 0 Å². The molecule has 6 heteroatoms. The largest absolute Gasteiger partial charge is 0.446 e. The number of rotatable bonds is 1. The lowest BCUT2D eigenvalue weighted by atomic mass is 10.2. The first-order valence-corrected chi connectivity index (χ1v) is 5.05. The summed E-state index contributed by atoms with van der Waals surface area (Å²) >= 11 is -0.241. The van der Waals surface area contributed by atoms with E-state index in [9.17, 15) is 18.0 Å². The van der Waals surface area contributed by atoms with Gasteiger partial charge in [0.05, 0.1) is 0 Å². The van der Waals surface area contributed by atoms with Gasteiger partial charge in [-0.15, -0.1) is 0 Å². The Labute approximate surface area is 92.1 Å². The van der Waals surface area contributed by atoms with E-state index >= 15 is 0 Å². The highest BCUT2D eigenvalue weighted by molar-refractivity contribution is 8.00. The van der Waals surface area contributed by atoms with Gasteiger partial charge in [0, 0.05) is 16.3 Å². The molecule has 2 rings (SSSR count). The average molecular weight is 246 g/mol. The first kappa shape index (κ1) is 11.1. The smallest absolute Gasteiger partial charge is 0.423 e. The van der Waals surface area contributed by atoms with E-state index in [2.05, 4.69) is 0 Å². The first-order valence-electron chi connectivity index (χ1n) is 4.24. The molecule has 1 aromatic carbocycles. The zero-order valence-corrected chi connectivity index (χ0v) is 8.56. The number of hydrogen-bond donors (Lipinski definition) is 0. The summed E-state index contributed by atoms with van der Waals surface area (Å²) in [7, 11) is 0. The lowest BCUT2D eigenvalue weighted by molar-refractivity contribution is -0.0328. The van der Waals surface area contributed by atoms with Crippen LogP contribution < -0.4 is 5.63 Å². The Morgan fingerprint density at radius 1 is 1.12 bits per heavy atom. The molecule has 1 heterocycles. The molecule has 2 aromatic rings. The highest BCUT2D eigenvalue weighted by Crippen LogP contribution is 2.37. The van der Waals surface area contributed by atoms with Gasteiger partial charge in [-0.2, -0.15) is 13.2 Å². The first-order chi connectivity index (χ1) is 7.44. The van der Waals surface area contributed by atoms with Crippen molar-refractivity contribution in [2.75, 3.05) is 0 Å². The van der Waals surface area contributed by atoms with Crippen LogP contribution in [0.25, 0.3) is 11.0 Å². The quantitative estimate of drug-likeness (QED) is 0.570. The Morgan fingerprint density at radius 3 is 2.50 bits per heavy atom. The van der Waals surface area contributed by atoms with Crippen molar-refractivity contribution in [3.8, 4) is 0 Å². The van der Waals surface area contributed by atoms with E-state index in [0.717, 1.165) is 0 Å². The van der Waals surface area contributed by atoms with Crippen molar-refractivity contribution in [1.82, 2.24) is 0 Å². The number of alkyl halides is 3. The Bertz CT molecular complexity index is 574. The Morgan fingerprint density at radius 2 is 1.81 bits per heavy atom. The van der Waals surface area contributed by atoms with Gasteiger partial charge < -0.3 is 4.42 Å². The van der Waals surface area contributed by atoms with Crippen LogP contribution in [0.2, 0.25) is 0 Å². The van der Waals surface area contributed by atoms with Gasteiger partial charge in [0.1, 0.15) is 5.58 Å². The second-order valence-corrected chi connectivity index (χ2v) is 4.14. The molecule has 0 aliphatic rings. The van der Waals surface area contributed by atoms with Crippen molar-refractivity contribution in [3.63, 3.8) is 0 Å². The summed E-state index contributed by atoms with van der Waals surface area (Å²) in [6.45, 7) is 0. The van der Waals surface area contributed by atoms with Crippen LogP contribution in [0.1, 0.15) is 0 Å². The molecule has 2 nitrogen and oxygen atoms in total. The zero-order chi connectivity index (χ0) is 11.8. The fourth-order valence-electron chi connectivity index (χ4n) is 1.24. The van der Waals surface area contributed by atoms with E-state index in [0.29, 0.717) is 5.39 Å². The summed E-state index contributed by atoms with van der Waals surface area (Å²) in [5.41, 5.74) is -4.77. The third kappa shape index (κ3) is 2.57. The van der Waals surface area contributed by atoms with Gasteiger partial charge in [-0.25, -0.2) is 4.79 Å². The number of benzene rings is 1. The summed E-state index contributed by atoms with van der Waals surface area (Å²) in [5, 5.41) is 0.589. The predicted molar refractivity (Wildman–Crippen MR) is 54.4 cm³/mol. The topological polar surface area (TPSA) is 30.2 Å². The van der Waals surface area contributed by atoms with Crippen molar-refractivity contribution in [2.45, 2.75) is 10.4 Å². The molecule has 0 aliphatic heterocycles. The SMILES string of the molecule is O=c1ccc2ccc(SC(F)(F)F)cc2o1. The minimum Gasteiger partial charge on any atom is -0.423 e. The third-order valence-corrected chi connectivity index (χ3v) is 2.55. The van der Waals surface area contributed by atoms with Gasteiger partial charge in [0.15, 0.2) is 0 Å². The summed E-state index contributed by atoms with van der Waals surface area (Å²) in [6, 6.07) is 6.74. The maximum Gasteiger partial charge on any atom is 0.446 e. The summed E-state index contributed by atoms with van der Waals surface area (Å²) in [6.07, 6.45) is 0. The molecule has 0 unspecified atom stereocenters. The molecular formula is C10H5F3O2S. The molecule has 16 heavy (non-hydrogen) atoms. The van der Waals surface area contributed by atoms with Crippen molar-refractivity contribution < 1.29 is 17.6 Å². The van der Waals surface area contributed by atoms with E-state index in [-0.39, 0.29) is 22.2 Å². The standard InChI is InChI=1S/C10H5F3O2S/c11-10(12,13)16-7-3-1-6-2-4-9(14)15-8(6)5-7/h1-5H. The highest BCUT2D eigenvalue weighted by atomic mass is 32.2. The van der Waals surface area contributed by atoms with Crippen molar-refractivity contribution in [3.05, 3.63) is 40.8 Å². The summed E-state index contributed by atoms with van der Waals surface area (Å²) in [5.74, 6) is 0. The van der Waals surface area contributed by atoms with Crippen molar-refractivity contribution in [2.24, 2.45) is 0 Å². The number of hydrogen-bond acceptors (Lipinski definition) is 3. The number of fused-ring (bicyclic) bond motifs is 1. The van der Waals surface area contributed by atoms with E-state index < -0.39 is 11.1 Å². The van der Waals surface area contributed by atoms with Crippen LogP contribution in [-0.4, -0.2) is 5.51 Å². The summed E-state index contributed by atoms with van der Waals surface area (Å²) < 4.78 is 41.1. The fourth-order valence-corrected chi connectivity index (χ4v) is 1.81. The van der Waals surface area contributed by atoms with Crippen molar-refractivity contribution in [1.29, 1.82) is 0 Å².